The fourth-order valence-corrected chi connectivity index (χ4v) is 2.74. The fraction of sp³-hybridized carbons (Fsp3) is 0.706. The number of aliphatic hydroxyl groups excluding tert-OH is 1. The summed E-state index contributed by atoms with van der Waals surface area (Å²) < 4.78 is 15.9. The van der Waals surface area contributed by atoms with Crippen molar-refractivity contribution in [2.45, 2.75) is 19.3 Å². The van der Waals surface area contributed by atoms with E-state index in [2.05, 4.69) is 10.6 Å². The van der Waals surface area contributed by atoms with Crippen molar-refractivity contribution in [1.82, 2.24) is 10.6 Å². The van der Waals surface area contributed by atoms with Gasteiger partial charge in [0.25, 0.3) is 0 Å². The summed E-state index contributed by atoms with van der Waals surface area (Å²) >= 11 is 0. The van der Waals surface area contributed by atoms with Crippen LogP contribution < -0.4 is 10.6 Å². The molecule has 0 radical (unpaired) electrons. The van der Waals surface area contributed by atoms with Crippen molar-refractivity contribution in [3.8, 4) is 0 Å². The van der Waals surface area contributed by atoms with Gasteiger partial charge in [0.15, 0.2) is 5.96 Å². The van der Waals surface area contributed by atoms with Crippen LogP contribution in [0.3, 0.4) is 0 Å². The number of guanidine groups is 1. The fourth-order valence-electron chi connectivity index (χ4n) is 2.74. The summed E-state index contributed by atoms with van der Waals surface area (Å²) in [7, 11) is 1.68. The van der Waals surface area contributed by atoms with Crippen molar-refractivity contribution in [2.24, 2.45) is 10.4 Å². The predicted octanol–water partition coefficient (Wildman–Crippen LogP) is 1.41. The molecule has 0 saturated carbocycles. The number of aliphatic hydroxyl groups is 1. The molecule has 1 aliphatic heterocycles. The van der Waals surface area contributed by atoms with E-state index in [0.717, 1.165) is 37.7 Å². The second-order valence-electron chi connectivity index (χ2n) is 6.12. The van der Waals surface area contributed by atoms with Gasteiger partial charge < -0.3 is 29.6 Å². The van der Waals surface area contributed by atoms with E-state index in [9.17, 15) is 5.11 Å². The molecule has 1 aromatic rings. The lowest BCUT2D eigenvalue weighted by Crippen LogP contribution is -2.41. The van der Waals surface area contributed by atoms with Gasteiger partial charge in [-0.05, 0) is 25.0 Å². The van der Waals surface area contributed by atoms with Gasteiger partial charge in [0, 0.05) is 45.2 Å². The number of methoxy groups -OCH3 is 1. The first-order valence-electron chi connectivity index (χ1n) is 8.50. The molecule has 1 unspecified atom stereocenters. The number of halogens is 1. The molecule has 8 heteroatoms. The molecule has 1 aliphatic rings. The number of rotatable bonds is 10. The minimum Gasteiger partial charge on any atom is -0.469 e. The van der Waals surface area contributed by atoms with E-state index in [4.69, 9.17) is 18.9 Å². The minimum atomic E-state index is -0.0500. The average molecular weight is 467 g/mol. The molecule has 0 aromatic carbocycles. The molecule has 0 bridgehead atoms. The highest BCUT2D eigenvalue weighted by molar-refractivity contribution is 14.0. The third-order valence-electron chi connectivity index (χ3n) is 4.24. The Morgan fingerprint density at radius 3 is 2.88 bits per heavy atom. The lowest BCUT2D eigenvalue weighted by molar-refractivity contribution is 0.131. The van der Waals surface area contributed by atoms with Gasteiger partial charge in [-0.15, -0.1) is 24.0 Å². The van der Waals surface area contributed by atoms with Gasteiger partial charge in [-0.3, -0.25) is 4.99 Å². The Balaban J connectivity index is 0.00000312. The van der Waals surface area contributed by atoms with Gasteiger partial charge in [-0.2, -0.15) is 0 Å². The van der Waals surface area contributed by atoms with Crippen molar-refractivity contribution < 1.29 is 19.0 Å². The van der Waals surface area contributed by atoms with Gasteiger partial charge in [0.05, 0.1) is 26.0 Å². The number of ether oxygens (including phenoxy) is 2. The molecule has 25 heavy (non-hydrogen) atoms. The predicted molar refractivity (Wildman–Crippen MR) is 108 cm³/mol. The maximum absolute atomic E-state index is 9.32. The van der Waals surface area contributed by atoms with Crippen molar-refractivity contribution in [2.75, 3.05) is 53.2 Å². The average Bonchev–Trinajstić information content (AvgIpc) is 3.25. The number of aliphatic imine (C=N–C) groups is 1. The number of hydrogen-bond donors (Lipinski definition) is 3. The van der Waals surface area contributed by atoms with E-state index in [-0.39, 0.29) is 36.0 Å². The van der Waals surface area contributed by atoms with Crippen molar-refractivity contribution in [3.05, 3.63) is 24.2 Å². The third-order valence-corrected chi connectivity index (χ3v) is 4.24. The zero-order chi connectivity index (χ0) is 17.1. The van der Waals surface area contributed by atoms with E-state index in [1.54, 1.807) is 13.4 Å². The van der Waals surface area contributed by atoms with Crippen molar-refractivity contribution in [1.29, 1.82) is 0 Å². The zero-order valence-corrected chi connectivity index (χ0v) is 17.2. The molecule has 7 nitrogen and oxygen atoms in total. The van der Waals surface area contributed by atoms with Crippen LogP contribution in [0.5, 0.6) is 0 Å². The number of nitrogens with zero attached hydrogens (tertiary/aromatic N) is 1. The summed E-state index contributed by atoms with van der Waals surface area (Å²) in [4.78, 5) is 4.70. The highest BCUT2D eigenvalue weighted by Crippen LogP contribution is 2.32. The molecule has 2 heterocycles. The maximum atomic E-state index is 9.32. The number of nitrogens with one attached hydrogen (secondary N) is 2. The van der Waals surface area contributed by atoms with Crippen LogP contribution in [-0.4, -0.2) is 64.2 Å². The molecule has 2 rings (SSSR count). The van der Waals surface area contributed by atoms with Crippen LogP contribution in [-0.2, 0) is 15.9 Å². The molecular weight excluding hydrogens is 437 g/mol. The van der Waals surface area contributed by atoms with Crippen molar-refractivity contribution in [3.63, 3.8) is 0 Å². The molecular formula is C17H30IN3O4. The Labute approximate surface area is 166 Å². The second-order valence-corrected chi connectivity index (χ2v) is 6.12. The summed E-state index contributed by atoms with van der Waals surface area (Å²) in [5.74, 6) is 1.70. The van der Waals surface area contributed by atoms with Crippen LogP contribution in [0, 0.1) is 5.41 Å². The molecule has 1 aromatic heterocycles. The summed E-state index contributed by atoms with van der Waals surface area (Å²) in [6.07, 6.45) is 4.13. The van der Waals surface area contributed by atoms with Crippen LogP contribution in [0.2, 0.25) is 0 Å². The van der Waals surface area contributed by atoms with Crippen LogP contribution in [0.25, 0.3) is 0 Å². The summed E-state index contributed by atoms with van der Waals surface area (Å²) in [6, 6.07) is 3.85. The summed E-state index contributed by atoms with van der Waals surface area (Å²) in [5.41, 5.74) is -0.0500. The van der Waals surface area contributed by atoms with Crippen LogP contribution in [0.1, 0.15) is 18.6 Å². The van der Waals surface area contributed by atoms with E-state index >= 15 is 0 Å². The molecule has 3 N–H and O–H groups in total. The van der Waals surface area contributed by atoms with Crippen LogP contribution >= 0.6 is 24.0 Å². The monoisotopic (exact) mass is 467 g/mol. The van der Waals surface area contributed by atoms with E-state index in [1.807, 2.05) is 12.1 Å². The topological polar surface area (TPSA) is 88.2 Å². The highest BCUT2D eigenvalue weighted by atomic mass is 127. The van der Waals surface area contributed by atoms with Crippen LogP contribution in [0.15, 0.2) is 27.8 Å². The summed E-state index contributed by atoms with van der Waals surface area (Å²) in [6.45, 7) is 4.24. The molecule has 1 fully saturated rings. The minimum absolute atomic E-state index is 0. The molecule has 0 amide bonds. The van der Waals surface area contributed by atoms with Gasteiger partial charge in [-0.25, -0.2) is 0 Å². The number of furan rings is 1. The Morgan fingerprint density at radius 1 is 1.40 bits per heavy atom. The molecule has 1 saturated heterocycles. The summed E-state index contributed by atoms with van der Waals surface area (Å²) in [5, 5.41) is 15.9. The lowest BCUT2D eigenvalue weighted by atomic mass is 9.84. The Morgan fingerprint density at radius 2 is 2.24 bits per heavy atom. The molecule has 0 spiro atoms. The maximum Gasteiger partial charge on any atom is 0.191 e. The zero-order valence-electron chi connectivity index (χ0n) is 14.8. The molecule has 0 aliphatic carbocycles. The smallest absolute Gasteiger partial charge is 0.191 e. The van der Waals surface area contributed by atoms with Crippen LogP contribution in [0.4, 0.5) is 0 Å². The molecule has 144 valence electrons. The largest absolute Gasteiger partial charge is 0.469 e. The van der Waals surface area contributed by atoms with Crippen molar-refractivity contribution >= 4 is 29.9 Å². The first-order chi connectivity index (χ1) is 11.8. The SMILES string of the molecule is COCCNC(=NCC1(CCO)CCOC1)NCCc1ccco1.I. The quantitative estimate of drug-likeness (QED) is 0.209. The lowest BCUT2D eigenvalue weighted by Gasteiger charge is -2.25. The highest BCUT2D eigenvalue weighted by Gasteiger charge is 2.34. The Kier molecular flexibility index (Phi) is 11.1. The normalized spacial score (nSPS) is 20.3. The van der Waals surface area contributed by atoms with Gasteiger partial charge in [0.1, 0.15) is 5.76 Å². The van der Waals surface area contributed by atoms with E-state index in [0.29, 0.717) is 32.7 Å². The first kappa shape index (κ1) is 22.2. The van der Waals surface area contributed by atoms with E-state index < -0.39 is 0 Å². The van der Waals surface area contributed by atoms with Gasteiger partial charge in [0.2, 0.25) is 0 Å². The number of hydrogen-bond acceptors (Lipinski definition) is 5. The molecule has 1 atom stereocenters. The second kappa shape index (κ2) is 12.5. The van der Waals surface area contributed by atoms with E-state index in [1.165, 1.54) is 0 Å². The van der Waals surface area contributed by atoms with Gasteiger partial charge >= 0.3 is 0 Å². The standard InChI is InChI=1S/C17H29N3O4.HI/c1-22-12-8-19-16(18-7-4-15-3-2-10-24-15)20-13-17(5-9-21)6-11-23-14-17;/h2-3,10,21H,4-9,11-14H2,1H3,(H2,18,19,20);1H. The Bertz CT molecular complexity index is 476. The first-order valence-corrected chi connectivity index (χ1v) is 8.50. The Hall–Kier alpha value is -0.840. The van der Waals surface area contributed by atoms with Gasteiger partial charge in [-0.1, -0.05) is 0 Å². The third kappa shape index (κ3) is 7.93.